The average molecular weight is 326 g/mol. The molecule has 0 N–H and O–H groups in total. The van der Waals surface area contributed by atoms with E-state index < -0.39 is 0 Å². The molecule has 2 fully saturated rings. The van der Waals surface area contributed by atoms with Crippen molar-refractivity contribution in [3.63, 3.8) is 0 Å². The molecule has 19 heavy (non-hydrogen) atoms. The summed E-state index contributed by atoms with van der Waals surface area (Å²) >= 11 is 3.37. The Balaban J connectivity index is 1.66. The van der Waals surface area contributed by atoms with Crippen molar-refractivity contribution in [2.45, 2.75) is 38.6 Å². The molecule has 1 aliphatic carbocycles. The molecule has 1 saturated heterocycles. The zero-order chi connectivity index (χ0) is 13.2. The zero-order valence-electron chi connectivity index (χ0n) is 11.2. The maximum Gasteiger partial charge on any atom is 0.137 e. The summed E-state index contributed by atoms with van der Waals surface area (Å²) in [4.78, 5) is 2.51. The number of halogens is 2. The first kappa shape index (κ1) is 13.6. The Hall–Kier alpha value is -0.410. The lowest BCUT2D eigenvalue weighted by molar-refractivity contribution is 0.0818. The lowest BCUT2D eigenvalue weighted by atomic mass is 9.75. The van der Waals surface area contributed by atoms with Gasteiger partial charge in [0.2, 0.25) is 0 Å². The Kier molecular flexibility index (Phi) is 4.23. The summed E-state index contributed by atoms with van der Waals surface area (Å²) in [5.74, 6) is 1.70. The minimum absolute atomic E-state index is 0.148. The fraction of sp³-hybridized carbons (Fsp3) is 0.625. The summed E-state index contributed by atoms with van der Waals surface area (Å²) in [6.45, 7) is 3.25. The van der Waals surface area contributed by atoms with E-state index in [9.17, 15) is 4.39 Å². The van der Waals surface area contributed by atoms with Gasteiger partial charge >= 0.3 is 0 Å². The van der Waals surface area contributed by atoms with Crippen molar-refractivity contribution in [1.82, 2.24) is 4.90 Å². The first-order valence-electron chi connectivity index (χ1n) is 7.39. The van der Waals surface area contributed by atoms with Gasteiger partial charge in [-0.1, -0.05) is 31.4 Å². The molecule has 0 amide bonds. The van der Waals surface area contributed by atoms with E-state index >= 15 is 0 Å². The largest absolute Gasteiger partial charge is 0.299 e. The predicted octanol–water partition coefficient (Wildman–Crippen LogP) is 4.60. The molecule has 3 rings (SSSR count). The fourth-order valence-corrected chi connectivity index (χ4v) is 4.12. The van der Waals surface area contributed by atoms with Crippen molar-refractivity contribution in [2.24, 2.45) is 11.8 Å². The van der Waals surface area contributed by atoms with Crippen LogP contribution in [0.1, 0.15) is 37.7 Å². The molecule has 1 aromatic rings. The van der Waals surface area contributed by atoms with E-state index in [0.717, 1.165) is 23.9 Å². The van der Waals surface area contributed by atoms with Gasteiger partial charge in [0, 0.05) is 13.1 Å². The molecule has 2 atom stereocenters. The normalized spacial score (nSPS) is 28.1. The summed E-state index contributed by atoms with van der Waals surface area (Å²) in [5, 5.41) is 0. The minimum atomic E-state index is -0.148. The molecule has 1 heterocycles. The Labute approximate surface area is 123 Å². The van der Waals surface area contributed by atoms with Crippen LogP contribution in [0.25, 0.3) is 0 Å². The van der Waals surface area contributed by atoms with E-state index in [-0.39, 0.29) is 5.82 Å². The number of benzene rings is 1. The second-order valence-electron chi connectivity index (χ2n) is 6.04. The van der Waals surface area contributed by atoms with Gasteiger partial charge in [-0.2, -0.15) is 0 Å². The number of hydrogen-bond donors (Lipinski definition) is 0. The minimum Gasteiger partial charge on any atom is -0.299 e. The van der Waals surface area contributed by atoms with Crippen LogP contribution >= 0.6 is 15.9 Å². The van der Waals surface area contributed by atoms with Crippen LogP contribution in [0.3, 0.4) is 0 Å². The molecule has 0 bridgehead atoms. The van der Waals surface area contributed by atoms with Gasteiger partial charge in [-0.3, -0.25) is 4.90 Å². The van der Waals surface area contributed by atoms with Crippen LogP contribution in [-0.2, 0) is 6.54 Å². The van der Waals surface area contributed by atoms with Crippen molar-refractivity contribution in [3.8, 4) is 0 Å². The predicted molar refractivity (Wildman–Crippen MR) is 79.4 cm³/mol. The van der Waals surface area contributed by atoms with Gasteiger partial charge < -0.3 is 0 Å². The third-order valence-corrected chi connectivity index (χ3v) is 5.69. The highest BCUT2D eigenvalue weighted by Crippen LogP contribution is 2.36. The third-order valence-electron chi connectivity index (χ3n) is 4.80. The second-order valence-corrected chi connectivity index (χ2v) is 6.83. The van der Waals surface area contributed by atoms with Crippen molar-refractivity contribution in [2.75, 3.05) is 13.1 Å². The molecule has 1 saturated carbocycles. The molecule has 3 heteroatoms. The van der Waals surface area contributed by atoms with Crippen molar-refractivity contribution < 1.29 is 4.39 Å². The van der Waals surface area contributed by atoms with Crippen LogP contribution in [0.5, 0.6) is 0 Å². The van der Waals surface area contributed by atoms with E-state index in [2.05, 4.69) is 20.8 Å². The van der Waals surface area contributed by atoms with Gasteiger partial charge in [-0.25, -0.2) is 4.39 Å². The van der Waals surface area contributed by atoms with Crippen LogP contribution in [0.15, 0.2) is 22.7 Å². The molecule has 1 nitrogen and oxygen atoms in total. The Morgan fingerprint density at radius 3 is 2.79 bits per heavy atom. The summed E-state index contributed by atoms with van der Waals surface area (Å²) in [6.07, 6.45) is 6.99. The number of rotatable bonds is 2. The van der Waals surface area contributed by atoms with Gasteiger partial charge in [-0.05, 0) is 58.8 Å². The molecule has 2 unspecified atom stereocenters. The van der Waals surface area contributed by atoms with Gasteiger partial charge in [0.25, 0.3) is 0 Å². The maximum absolute atomic E-state index is 13.5. The average Bonchev–Trinajstić information content (AvgIpc) is 2.44. The highest BCUT2D eigenvalue weighted by atomic mass is 79.9. The smallest absolute Gasteiger partial charge is 0.137 e. The Bertz CT molecular complexity index is 448. The highest BCUT2D eigenvalue weighted by molar-refractivity contribution is 9.10. The monoisotopic (exact) mass is 325 g/mol. The Morgan fingerprint density at radius 1 is 1.16 bits per heavy atom. The maximum atomic E-state index is 13.5. The molecule has 1 aliphatic heterocycles. The van der Waals surface area contributed by atoms with Crippen LogP contribution < -0.4 is 0 Å². The van der Waals surface area contributed by atoms with Crippen LogP contribution in [0.2, 0.25) is 0 Å². The van der Waals surface area contributed by atoms with Gasteiger partial charge in [0.15, 0.2) is 0 Å². The molecule has 0 spiro atoms. The topological polar surface area (TPSA) is 3.24 Å². The van der Waals surface area contributed by atoms with Crippen LogP contribution in [0.4, 0.5) is 4.39 Å². The first-order valence-corrected chi connectivity index (χ1v) is 8.18. The second kappa shape index (κ2) is 5.92. The number of piperidine rings is 1. The molecular formula is C16H21BrFN. The number of nitrogens with zero attached hydrogens (tertiary/aromatic N) is 1. The van der Waals surface area contributed by atoms with E-state index in [1.165, 1.54) is 51.3 Å². The SMILES string of the molecule is Fc1cccc(CN2CCC3CCCCC3C2)c1Br. The lowest BCUT2D eigenvalue weighted by Crippen LogP contribution is -2.41. The van der Waals surface area contributed by atoms with Gasteiger partial charge in [-0.15, -0.1) is 0 Å². The van der Waals surface area contributed by atoms with E-state index in [1.807, 2.05) is 12.1 Å². The zero-order valence-corrected chi connectivity index (χ0v) is 12.8. The molecule has 0 radical (unpaired) electrons. The number of fused-ring (bicyclic) bond motifs is 1. The van der Waals surface area contributed by atoms with Crippen molar-refractivity contribution in [3.05, 3.63) is 34.1 Å². The van der Waals surface area contributed by atoms with Crippen LogP contribution in [-0.4, -0.2) is 18.0 Å². The molecule has 0 aromatic heterocycles. The Morgan fingerprint density at radius 2 is 1.95 bits per heavy atom. The van der Waals surface area contributed by atoms with Crippen molar-refractivity contribution >= 4 is 15.9 Å². The van der Waals surface area contributed by atoms with Crippen molar-refractivity contribution in [1.29, 1.82) is 0 Å². The summed E-state index contributed by atoms with van der Waals surface area (Å²) in [6, 6.07) is 5.35. The molecule has 1 aromatic carbocycles. The number of hydrogen-bond acceptors (Lipinski definition) is 1. The summed E-state index contributed by atoms with van der Waals surface area (Å²) < 4.78 is 14.2. The number of likely N-dealkylation sites (tertiary alicyclic amines) is 1. The molecular weight excluding hydrogens is 305 g/mol. The molecule has 2 aliphatic rings. The standard InChI is InChI=1S/C16H21BrFN/c17-16-14(6-3-7-15(16)18)11-19-9-8-12-4-1-2-5-13(12)10-19/h3,6-7,12-13H,1-2,4-5,8-11H2. The van der Waals surface area contributed by atoms with E-state index in [0.29, 0.717) is 4.47 Å². The van der Waals surface area contributed by atoms with Crippen LogP contribution in [0, 0.1) is 17.7 Å². The third kappa shape index (κ3) is 3.03. The lowest BCUT2D eigenvalue weighted by Gasteiger charge is -2.41. The molecule has 104 valence electrons. The highest BCUT2D eigenvalue weighted by Gasteiger charge is 2.31. The van der Waals surface area contributed by atoms with Gasteiger partial charge in [0.05, 0.1) is 4.47 Å². The van der Waals surface area contributed by atoms with Gasteiger partial charge in [0.1, 0.15) is 5.82 Å². The van der Waals surface area contributed by atoms with E-state index in [4.69, 9.17) is 0 Å². The first-order chi connectivity index (χ1) is 9.24. The quantitative estimate of drug-likeness (QED) is 0.768. The summed E-state index contributed by atoms with van der Waals surface area (Å²) in [7, 11) is 0. The summed E-state index contributed by atoms with van der Waals surface area (Å²) in [5.41, 5.74) is 1.08. The fourth-order valence-electron chi connectivity index (χ4n) is 3.73. The van der Waals surface area contributed by atoms with E-state index in [1.54, 1.807) is 0 Å².